The maximum Gasteiger partial charge on any atom is 0.336 e. The zero-order valence-corrected chi connectivity index (χ0v) is 10.9. The van der Waals surface area contributed by atoms with E-state index in [2.05, 4.69) is 0 Å². The van der Waals surface area contributed by atoms with Crippen LogP contribution in [0.3, 0.4) is 0 Å². The van der Waals surface area contributed by atoms with Crippen LogP contribution in [0.4, 0.5) is 0 Å². The van der Waals surface area contributed by atoms with E-state index in [4.69, 9.17) is 14.9 Å². The second-order valence-corrected chi connectivity index (χ2v) is 2.52. The normalized spacial score (nSPS) is 8.31. The van der Waals surface area contributed by atoms with E-state index in [1.807, 2.05) is 0 Å². The van der Waals surface area contributed by atoms with Crippen molar-refractivity contribution in [2.24, 2.45) is 0 Å². The molecule has 1 aromatic carbocycles. The fraction of sp³-hybridized carbons (Fsp3) is 0.111. The average Bonchev–Trinajstić information content (AvgIpc) is 2.16. The Labute approximate surface area is 123 Å². The number of benzene rings is 1. The Morgan fingerprint density at radius 3 is 1.94 bits per heavy atom. The van der Waals surface area contributed by atoms with Crippen LogP contribution in [-0.4, -0.2) is 29.3 Å². The maximum atomic E-state index is 10.7. The topological polar surface area (TPSA) is 83.8 Å². The molecule has 5 nitrogen and oxygen atoms in total. The van der Waals surface area contributed by atoms with Crippen LogP contribution in [0, 0.1) is 0 Å². The molecule has 0 amide bonds. The monoisotopic (exact) mass is 410 g/mol. The van der Waals surface area contributed by atoms with Crippen molar-refractivity contribution in [2.75, 3.05) is 7.11 Å². The predicted molar refractivity (Wildman–Crippen MR) is 46.9 cm³/mol. The van der Waals surface area contributed by atoms with Gasteiger partial charge < -0.3 is 14.9 Å². The van der Waals surface area contributed by atoms with Crippen molar-refractivity contribution in [1.82, 2.24) is 0 Å². The van der Waals surface area contributed by atoms with E-state index in [9.17, 15) is 9.59 Å². The van der Waals surface area contributed by atoms with Gasteiger partial charge in [-0.2, -0.15) is 0 Å². The molecule has 0 aliphatic rings. The van der Waals surface area contributed by atoms with Gasteiger partial charge in [0.25, 0.3) is 0 Å². The van der Waals surface area contributed by atoms with Gasteiger partial charge in [0.2, 0.25) is 0 Å². The van der Waals surface area contributed by atoms with Crippen LogP contribution >= 0.6 is 0 Å². The van der Waals surface area contributed by atoms with Gasteiger partial charge in [-0.15, -0.1) is 0 Å². The first-order chi connectivity index (χ1) is 6.56. The summed E-state index contributed by atoms with van der Waals surface area (Å²) in [4.78, 5) is 21.3. The van der Waals surface area contributed by atoms with Crippen molar-refractivity contribution in [3.63, 3.8) is 0 Å². The summed E-state index contributed by atoms with van der Waals surface area (Å²) in [5, 5.41) is 17.4. The fourth-order valence-electron chi connectivity index (χ4n) is 1.01. The summed E-state index contributed by atoms with van der Waals surface area (Å²) < 4.78 is 4.78. The largest absolute Gasteiger partial charge is 0.497 e. The molecule has 0 saturated heterocycles. The quantitative estimate of drug-likeness (QED) is 0.727. The molecule has 1 rings (SSSR count). The molecular weight excluding hydrogens is 404 g/mol. The number of hydrogen-bond acceptors (Lipinski definition) is 3. The van der Waals surface area contributed by atoms with Gasteiger partial charge in [0.1, 0.15) is 5.75 Å². The third-order valence-electron chi connectivity index (χ3n) is 1.69. The number of rotatable bonds is 3. The molecule has 0 aliphatic heterocycles. The van der Waals surface area contributed by atoms with Crippen LogP contribution in [-0.2, 0) is 44.8 Å². The summed E-state index contributed by atoms with van der Waals surface area (Å²) in [6.45, 7) is 0. The minimum atomic E-state index is -1.29. The second kappa shape index (κ2) is 7.67. The molecule has 2 radical (unpaired) electrons. The zero-order chi connectivity index (χ0) is 10.7. The van der Waals surface area contributed by atoms with E-state index in [1.54, 1.807) is 0 Å². The van der Waals surface area contributed by atoms with E-state index in [-0.39, 0.29) is 55.9 Å². The number of carboxylic acid groups (broad SMARTS) is 2. The standard InChI is InChI=1S/C9H8O5.2Ag/c1-14-5-2-3-6(8(10)11)7(4-5)9(12)13;;/h2-4H,1H3,(H,10,11)(H,12,13);;. The molecule has 0 fully saturated rings. The molecule has 0 saturated carbocycles. The van der Waals surface area contributed by atoms with Crippen molar-refractivity contribution in [2.45, 2.75) is 0 Å². The molecular formula is C9H8Ag2O5. The third kappa shape index (κ3) is 4.13. The number of carbonyl (C=O) groups is 2. The van der Waals surface area contributed by atoms with Crippen LogP contribution in [0.2, 0.25) is 0 Å². The van der Waals surface area contributed by atoms with Gasteiger partial charge in [0.15, 0.2) is 0 Å². The first kappa shape index (κ1) is 17.8. The SMILES string of the molecule is COc1ccc(C(=O)O)c(C(=O)O)c1.[Ag].[Ag]. The molecule has 2 N–H and O–H groups in total. The number of aromatic carboxylic acids is 2. The minimum absolute atomic E-state index is 0. The average molecular weight is 412 g/mol. The van der Waals surface area contributed by atoms with E-state index >= 15 is 0 Å². The Bertz CT molecular complexity index is 391. The van der Waals surface area contributed by atoms with Gasteiger partial charge in [0.05, 0.1) is 18.2 Å². The van der Waals surface area contributed by atoms with Gasteiger partial charge in [-0.25, -0.2) is 9.59 Å². The van der Waals surface area contributed by atoms with Gasteiger partial charge in [-0.05, 0) is 18.2 Å². The van der Waals surface area contributed by atoms with E-state index in [0.717, 1.165) is 0 Å². The van der Waals surface area contributed by atoms with Crippen LogP contribution in [0.25, 0.3) is 0 Å². The third-order valence-corrected chi connectivity index (χ3v) is 1.69. The summed E-state index contributed by atoms with van der Waals surface area (Å²) in [7, 11) is 1.38. The smallest absolute Gasteiger partial charge is 0.336 e. The molecule has 0 unspecified atom stereocenters. The Kier molecular flexibility index (Phi) is 8.55. The Balaban J connectivity index is 0. The summed E-state index contributed by atoms with van der Waals surface area (Å²) in [5.74, 6) is -2.25. The zero-order valence-electron chi connectivity index (χ0n) is 7.95. The first-order valence-electron chi connectivity index (χ1n) is 3.71. The number of carboxylic acids is 2. The Morgan fingerprint density at radius 2 is 1.56 bits per heavy atom. The van der Waals surface area contributed by atoms with E-state index < -0.39 is 11.9 Å². The Morgan fingerprint density at radius 1 is 1.06 bits per heavy atom. The van der Waals surface area contributed by atoms with Gasteiger partial charge in [-0.3, -0.25) is 0 Å². The molecule has 0 atom stereocenters. The van der Waals surface area contributed by atoms with Crippen molar-refractivity contribution >= 4 is 11.9 Å². The van der Waals surface area contributed by atoms with Crippen LogP contribution < -0.4 is 4.74 Å². The summed E-state index contributed by atoms with van der Waals surface area (Å²) in [6.07, 6.45) is 0. The van der Waals surface area contributed by atoms with E-state index in [0.29, 0.717) is 5.75 Å². The summed E-state index contributed by atoms with van der Waals surface area (Å²) in [6, 6.07) is 3.77. The van der Waals surface area contributed by atoms with E-state index in [1.165, 1.54) is 25.3 Å². The van der Waals surface area contributed by atoms with Gasteiger partial charge >= 0.3 is 11.9 Å². The van der Waals surface area contributed by atoms with Crippen molar-refractivity contribution in [3.05, 3.63) is 29.3 Å². The molecule has 0 spiro atoms. The van der Waals surface area contributed by atoms with Crippen molar-refractivity contribution in [3.8, 4) is 5.75 Å². The number of ether oxygens (including phenoxy) is 1. The molecule has 96 valence electrons. The molecule has 1 aromatic rings. The summed E-state index contributed by atoms with van der Waals surface area (Å²) >= 11 is 0. The molecule has 0 bridgehead atoms. The van der Waals surface area contributed by atoms with Gasteiger partial charge in [-0.1, -0.05) is 0 Å². The van der Waals surface area contributed by atoms with Crippen molar-refractivity contribution < 1.29 is 69.3 Å². The summed E-state index contributed by atoms with van der Waals surface area (Å²) in [5.41, 5.74) is -0.532. The molecule has 0 heterocycles. The maximum absolute atomic E-state index is 10.7. The number of methoxy groups -OCH3 is 1. The van der Waals surface area contributed by atoms with Crippen molar-refractivity contribution in [1.29, 1.82) is 0 Å². The van der Waals surface area contributed by atoms with Crippen LogP contribution in [0.5, 0.6) is 5.75 Å². The van der Waals surface area contributed by atoms with Gasteiger partial charge in [0, 0.05) is 44.8 Å². The fourth-order valence-corrected chi connectivity index (χ4v) is 1.01. The predicted octanol–water partition coefficient (Wildman–Crippen LogP) is 1.09. The number of hydrogen-bond donors (Lipinski definition) is 2. The second-order valence-electron chi connectivity index (χ2n) is 2.52. The Hall–Kier alpha value is -0.559. The molecule has 0 aromatic heterocycles. The van der Waals surface area contributed by atoms with Crippen LogP contribution in [0.1, 0.15) is 20.7 Å². The minimum Gasteiger partial charge on any atom is -0.497 e. The van der Waals surface area contributed by atoms with Crippen LogP contribution in [0.15, 0.2) is 18.2 Å². The molecule has 16 heavy (non-hydrogen) atoms. The first-order valence-corrected chi connectivity index (χ1v) is 3.71. The molecule has 7 heteroatoms. The molecule has 0 aliphatic carbocycles.